The predicted molar refractivity (Wildman–Crippen MR) is 190 cm³/mol. The molecule has 0 amide bonds. The minimum Gasteiger partial charge on any atom is -0.481 e. The summed E-state index contributed by atoms with van der Waals surface area (Å²) >= 11 is 0. The molecule has 1 aliphatic carbocycles. The SMILES string of the molecule is CCCCCCCCC(CCCCCC)COC(=O)CCCCCN(CCCCCC(=O)O)CCN(CCN(C)C)C1CCC1. The van der Waals surface area contributed by atoms with E-state index in [0.717, 1.165) is 83.8 Å². The van der Waals surface area contributed by atoms with Crippen molar-refractivity contribution in [1.82, 2.24) is 14.7 Å². The maximum atomic E-state index is 12.6. The van der Waals surface area contributed by atoms with Gasteiger partial charge in [-0.1, -0.05) is 97.3 Å². The van der Waals surface area contributed by atoms with E-state index in [-0.39, 0.29) is 12.4 Å². The van der Waals surface area contributed by atoms with E-state index in [9.17, 15) is 9.59 Å². The smallest absolute Gasteiger partial charge is 0.305 e. The van der Waals surface area contributed by atoms with Gasteiger partial charge in [-0.05, 0) is 84.5 Å². The zero-order valence-corrected chi connectivity index (χ0v) is 30.4. The number of hydrogen-bond donors (Lipinski definition) is 1. The van der Waals surface area contributed by atoms with Crippen LogP contribution < -0.4 is 0 Å². The van der Waals surface area contributed by atoms with Gasteiger partial charge in [-0.3, -0.25) is 14.5 Å². The molecule has 0 aliphatic heterocycles. The van der Waals surface area contributed by atoms with Gasteiger partial charge in [0, 0.05) is 45.1 Å². The van der Waals surface area contributed by atoms with Crippen molar-refractivity contribution < 1.29 is 19.4 Å². The van der Waals surface area contributed by atoms with Gasteiger partial charge >= 0.3 is 11.9 Å². The largest absolute Gasteiger partial charge is 0.481 e. The minimum atomic E-state index is -0.692. The highest BCUT2D eigenvalue weighted by molar-refractivity contribution is 5.69. The van der Waals surface area contributed by atoms with Gasteiger partial charge in [0.15, 0.2) is 0 Å². The first-order chi connectivity index (χ1) is 21.8. The molecule has 266 valence electrons. The van der Waals surface area contributed by atoms with E-state index in [0.29, 0.717) is 18.9 Å². The number of rotatable bonds is 33. The Hall–Kier alpha value is -1.18. The number of aliphatic carboxylic acids is 1. The Bertz CT molecular complexity index is 700. The van der Waals surface area contributed by atoms with E-state index in [1.807, 2.05) is 0 Å². The minimum absolute atomic E-state index is 0.0103. The third kappa shape index (κ3) is 24.6. The molecule has 1 aliphatic rings. The van der Waals surface area contributed by atoms with E-state index < -0.39 is 5.97 Å². The average molecular weight is 638 g/mol. The molecule has 0 saturated heterocycles. The Labute approximate surface area is 279 Å². The predicted octanol–water partition coefficient (Wildman–Crippen LogP) is 8.79. The molecule has 1 rings (SSSR count). The number of carboxylic acids is 1. The van der Waals surface area contributed by atoms with E-state index >= 15 is 0 Å². The molecule has 1 saturated carbocycles. The summed E-state index contributed by atoms with van der Waals surface area (Å²) in [6, 6.07) is 0.745. The van der Waals surface area contributed by atoms with Crippen LogP contribution in [0.1, 0.15) is 162 Å². The molecule has 0 aromatic heterocycles. The first kappa shape index (κ1) is 41.8. The highest BCUT2D eigenvalue weighted by Gasteiger charge is 2.25. The highest BCUT2D eigenvalue weighted by Crippen LogP contribution is 2.24. The first-order valence-electron chi connectivity index (χ1n) is 19.3. The number of carboxylic acid groups (broad SMARTS) is 1. The van der Waals surface area contributed by atoms with E-state index in [1.165, 1.54) is 96.3 Å². The first-order valence-corrected chi connectivity index (χ1v) is 19.3. The number of ether oxygens (including phenoxy) is 1. The molecule has 0 aromatic carbocycles. The lowest BCUT2D eigenvalue weighted by atomic mass is 9.91. The molecule has 7 nitrogen and oxygen atoms in total. The van der Waals surface area contributed by atoms with Gasteiger partial charge in [0.05, 0.1) is 6.61 Å². The van der Waals surface area contributed by atoms with Crippen LogP contribution >= 0.6 is 0 Å². The number of nitrogens with zero attached hydrogens (tertiary/aromatic N) is 3. The number of unbranched alkanes of at least 4 members (excludes halogenated alkanes) is 12. The lowest BCUT2D eigenvalue weighted by molar-refractivity contribution is -0.145. The van der Waals surface area contributed by atoms with Gasteiger partial charge in [-0.15, -0.1) is 0 Å². The van der Waals surface area contributed by atoms with Crippen LogP contribution in [0.5, 0.6) is 0 Å². The van der Waals surface area contributed by atoms with Gasteiger partial charge in [0.25, 0.3) is 0 Å². The topological polar surface area (TPSA) is 73.3 Å². The number of hydrogen-bond acceptors (Lipinski definition) is 6. The second kappa shape index (κ2) is 29.0. The van der Waals surface area contributed by atoms with Crippen LogP contribution in [0, 0.1) is 5.92 Å². The van der Waals surface area contributed by atoms with Crippen molar-refractivity contribution in [2.75, 3.05) is 60.0 Å². The maximum Gasteiger partial charge on any atom is 0.305 e. The fourth-order valence-corrected chi connectivity index (χ4v) is 6.40. The van der Waals surface area contributed by atoms with Gasteiger partial charge in [-0.25, -0.2) is 0 Å². The summed E-state index contributed by atoms with van der Waals surface area (Å²) in [6.07, 6.45) is 26.1. The van der Waals surface area contributed by atoms with Gasteiger partial charge in [0.2, 0.25) is 0 Å². The van der Waals surface area contributed by atoms with Crippen LogP contribution in [0.25, 0.3) is 0 Å². The van der Waals surface area contributed by atoms with Crippen LogP contribution in [-0.4, -0.2) is 97.8 Å². The molecule has 1 atom stereocenters. The normalized spacial score (nSPS) is 14.4. The molecule has 1 unspecified atom stereocenters. The molecule has 0 radical (unpaired) electrons. The Morgan fingerprint density at radius 3 is 1.76 bits per heavy atom. The highest BCUT2D eigenvalue weighted by atomic mass is 16.5. The van der Waals surface area contributed by atoms with Crippen LogP contribution in [0.2, 0.25) is 0 Å². The molecule has 45 heavy (non-hydrogen) atoms. The zero-order chi connectivity index (χ0) is 33.0. The summed E-state index contributed by atoms with van der Waals surface area (Å²) in [4.78, 5) is 31.1. The van der Waals surface area contributed by atoms with E-state index in [2.05, 4.69) is 42.6 Å². The second-order valence-corrected chi connectivity index (χ2v) is 14.2. The molecule has 0 aromatic rings. The van der Waals surface area contributed by atoms with Crippen molar-refractivity contribution in [3.63, 3.8) is 0 Å². The van der Waals surface area contributed by atoms with Crippen LogP contribution in [0.15, 0.2) is 0 Å². The van der Waals surface area contributed by atoms with Crippen molar-refractivity contribution in [2.45, 2.75) is 168 Å². The van der Waals surface area contributed by atoms with Gasteiger partial charge in [-0.2, -0.15) is 0 Å². The second-order valence-electron chi connectivity index (χ2n) is 14.2. The number of carbonyl (C=O) groups excluding carboxylic acids is 1. The fourth-order valence-electron chi connectivity index (χ4n) is 6.40. The third-order valence-electron chi connectivity index (χ3n) is 9.76. The summed E-state index contributed by atoms with van der Waals surface area (Å²) in [7, 11) is 4.31. The number of carbonyl (C=O) groups is 2. The molecular weight excluding hydrogens is 562 g/mol. The van der Waals surface area contributed by atoms with Crippen LogP contribution in [0.3, 0.4) is 0 Å². The van der Waals surface area contributed by atoms with Crippen molar-refractivity contribution in [1.29, 1.82) is 0 Å². The summed E-state index contributed by atoms with van der Waals surface area (Å²) in [5, 5.41) is 8.97. The van der Waals surface area contributed by atoms with E-state index in [4.69, 9.17) is 9.84 Å². The van der Waals surface area contributed by atoms with Crippen molar-refractivity contribution in [2.24, 2.45) is 5.92 Å². The monoisotopic (exact) mass is 638 g/mol. The third-order valence-corrected chi connectivity index (χ3v) is 9.76. The lowest BCUT2D eigenvalue weighted by Gasteiger charge is -2.39. The summed E-state index contributed by atoms with van der Waals surface area (Å²) in [5.74, 6) is -0.176. The average Bonchev–Trinajstić information content (AvgIpc) is 2.98. The molecular formula is C38H75N3O4. The van der Waals surface area contributed by atoms with Gasteiger partial charge in [0.1, 0.15) is 0 Å². The molecule has 0 spiro atoms. The summed E-state index contributed by atoms with van der Waals surface area (Å²) in [5.41, 5.74) is 0. The fraction of sp³-hybridized carbons (Fsp3) is 0.947. The molecule has 0 bridgehead atoms. The van der Waals surface area contributed by atoms with Crippen molar-refractivity contribution in [3.8, 4) is 0 Å². The zero-order valence-electron chi connectivity index (χ0n) is 30.4. The van der Waals surface area contributed by atoms with Crippen LogP contribution in [-0.2, 0) is 14.3 Å². The Morgan fingerprint density at radius 1 is 0.667 bits per heavy atom. The Morgan fingerprint density at radius 2 is 1.20 bits per heavy atom. The Balaban J connectivity index is 2.40. The van der Waals surface area contributed by atoms with Crippen molar-refractivity contribution >= 4 is 11.9 Å². The van der Waals surface area contributed by atoms with Crippen molar-refractivity contribution in [3.05, 3.63) is 0 Å². The Kier molecular flexibility index (Phi) is 27.0. The molecule has 7 heteroatoms. The molecule has 1 N–H and O–H groups in total. The number of likely N-dealkylation sites (N-methyl/N-ethyl adjacent to an activating group) is 1. The lowest BCUT2D eigenvalue weighted by Crippen LogP contribution is -2.47. The van der Waals surface area contributed by atoms with Crippen LogP contribution in [0.4, 0.5) is 0 Å². The summed E-state index contributed by atoms with van der Waals surface area (Å²) < 4.78 is 5.82. The quantitative estimate of drug-likeness (QED) is 0.0569. The number of esters is 1. The molecule has 1 fully saturated rings. The van der Waals surface area contributed by atoms with E-state index in [1.54, 1.807) is 0 Å². The standard InChI is InChI=1S/C38H75N3O4/c1-5-7-9-11-12-16-23-35(22-15-10-8-6-2)34-45-38(44)27-18-14-20-29-40(28-19-13-17-26-37(42)43)31-33-41(32-30-39(3)4)36-24-21-25-36/h35-36H,5-34H2,1-4H3,(H,42,43). The molecule has 0 heterocycles. The summed E-state index contributed by atoms with van der Waals surface area (Å²) in [6.45, 7) is 11.6. The maximum absolute atomic E-state index is 12.6. The van der Waals surface area contributed by atoms with Gasteiger partial charge < -0.3 is 19.6 Å².